The molecule has 3 N–H and O–H groups in total. The molecule has 2 aromatic rings. The molecule has 6 nitrogen and oxygen atoms in total. The molecule has 1 unspecified atom stereocenters. The molecule has 6 heteroatoms. The van der Waals surface area contributed by atoms with Crippen LogP contribution < -0.4 is 5.32 Å². The molecule has 2 aromatic carbocycles. The molecule has 0 aliphatic rings. The third kappa shape index (κ3) is 3.05. The molecule has 0 amide bonds. The summed E-state index contributed by atoms with van der Waals surface area (Å²) >= 11 is 0. The second kappa shape index (κ2) is 5.70. The molecule has 0 aliphatic carbocycles. The fraction of sp³-hybridized carbons (Fsp3) is 0.200. The minimum absolute atomic E-state index is 0.00589. The maximum atomic E-state index is 10.8. The van der Waals surface area contributed by atoms with Crippen molar-refractivity contribution in [2.75, 3.05) is 5.32 Å². The summed E-state index contributed by atoms with van der Waals surface area (Å²) in [5.74, 6) is -0.0118. The van der Waals surface area contributed by atoms with Crippen LogP contribution in [0.25, 0.3) is 0 Å². The monoisotopic (exact) mass is 288 g/mol. The van der Waals surface area contributed by atoms with Gasteiger partial charge in [-0.1, -0.05) is 6.07 Å². The summed E-state index contributed by atoms with van der Waals surface area (Å²) in [6.45, 7) is 3.44. The van der Waals surface area contributed by atoms with Crippen molar-refractivity contribution >= 4 is 11.4 Å². The topological polar surface area (TPSA) is 95.6 Å². The van der Waals surface area contributed by atoms with Crippen LogP contribution in [0, 0.1) is 17.0 Å². The Morgan fingerprint density at radius 1 is 1.19 bits per heavy atom. The second-order valence-electron chi connectivity index (χ2n) is 4.83. The number of hydrogen-bond acceptors (Lipinski definition) is 5. The first kappa shape index (κ1) is 14.6. The highest BCUT2D eigenvalue weighted by Gasteiger charge is 2.16. The predicted molar refractivity (Wildman–Crippen MR) is 79.6 cm³/mol. The first-order valence-electron chi connectivity index (χ1n) is 6.42. The van der Waals surface area contributed by atoms with Crippen LogP contribution in [0.3, 0.4) is 0 Å². The average molecular weight is 288 g/mol. The molecule has 0 bridgehead atoms. The average Bonchev–Trinajstić information content (AvgIpc) is 2.37. The van der Waals surface area contributed by atoms with Gasteiger partial charge >= 0.3 is 0 Å². The van der Waals surface area contributed by atoms with E-state index in [0.29, 0.717) is 16.8 Å². The Balaban J connectivity index is 2.26. The first-order chi connectivity index (χ1) is 9.90. The maximum Gasteiger partial charge on any atom is 0.272 e. The number of nitro groups is 1. The smallest absolute Gasteiger partial charge is 0.272 e. The Kier molecular flexibility index (Phi) is 3.98. The molecule has 0 saturated heterocycles. The third-order valence-electron chi connectivity index (χ3n) is 3.27. The lowest BCUT2D eigenvalue weighted by atomic mass is 10.1. The van der Waals surface area contributed by atoms with E-state index in [1.807, 2.05) is 0 Å². The minimum Gasteiger partial charge on any atom is -0.507 e. The number of benzene rings is 2. The van der Waals surface area contributed by atoms with E-state index in [-0.39, 0.29) is 23.2 Å². The number of phenols is 2. The molecule has 21 heavy (non-hydrogen) atoms. The van der Waals surface area contributed by atoms with Crippen LogP contribution in [0.5, 0.6) is 11.5 Å². The van der Waals surface area contributed by atoms with Crippen LogP contribution in [0.4, 0.5) is 11.4 Å². The fourth-order valence-electron chi connectivity index (χ4n) is 2.26. The largest absolute Gasteiger partial charge is 0.507 e. The Hall–Kier alpha value is -2.76. The van der Waals surface area contributed by atoms with Gasteiger partial charge in [0.1, 0.15) is 11.5 Å². The van der Waals surface area contributed by atoms with Crippen LogP contribution in [-0.2, 0) is 0 Å². The Morgan fingerprint density at radius 2 is 1.81 bits per heavy atom. The van der Waals surface area contributed by atoms with Gasteiger partial charge in [-0.3, -0.25) is 10.1 Å². The summed E-state index contributed by atoms with van der Waals surface area (Å²) in [5.41, 5.74) is 1.65. The van der Waals surface area contributed by atoms with Gasteiger partial charge in [-0.25, -0.2) is 0 Å². The zero-order chi connectivity index (χ0) is 15.6. The van der Waals surface area contributed by atoms with Gasteiger partial charge in [0.15, 0.2) is 0 Å². The van der Waals surface area contributed by atoms with E-state index >= 15 is 0 Å². The molecule has 0 heterocycles. The molecule has 0 aromatic heterocycles. The van der Waals surface area contributed by atoms with Gasteiger partial charge in [-0.15, -0.1) is 0 Å². The molecular formula is C15H16N2O4. The van der Waals surface area contributed by atoms with E-state index < -0.39 is 4.92 Å². The quantitative estimate of drug-likeness (QED) is 0.591. The SMILES string of the molecule is Cc1cc(NC(C)c2c(O)cccc2O)ccc1[N+](=O)[O-]. The van der Waals surface area contributed by atoms with Crippen LogP contribution in [0.15, 0.2) is 36.4 Å². The Bertz CT molecular complexity index is 665. The molecule has 0 aliphatic heterocycles. The lowest BCUT2D eigenvalue weighted by molar-refractivity contribution is -0.385. The Morgan fingerprint density at radius 3 is 2.33 bits per heavy atom. The number of aromatic hydroxyl groups is 2. The van der Waals surface area contributed by atoms with E-state index in [9.17, 15) is 20.3 Å². The van der Waals surface area contributed by atoms with E-state index in [4.69, 9.17) is 0 Å². The van der Waals surface area contributed by atoms with Crippen molar-refractivity contribution < 1.29 is 15.1 Å². The first-order valence-corrected chi connectivity index (χ1v) is 6.42. The highest BCUT2D eigenvalue weighted by Crippen LogP contribution is 2.34. The van der Waals surface area contributed by atoms with Crippen molar-refractivity contribution in [2.45, 2.75) is 19.9 Å². The zero-order valence-electron chi connectivity index (χ0n) is 11.7. The molecule has 0 spiro atoms. The van der Waals surface area contributed by atoms with Crippen LogP contribution in [0.2, 0.25) is 0 Å². The van der Waals surface area contributed by atoms with E-state index in [2.05, 4.69) is 5.32 Å². The van der Waals surface area contributed by atoms with Crippen molar-refractivity contribution in [3.8, 4) is 11.5 Å². The number of hydrogen-bond donors (Lipinski definition) is 3. The molecule has 0 radical (unpaired) electrons. The molecular weight excluding hydrogens is 272 g/mol. The summed E-state index contributed by atoms with van der Waals surface area (Å²) in [7, 11) is 0. The zero-order valence-corrected chi connectivity index (χ0v) is 11.7. The van der Waals surface area contributed by atoms with Crippen molar-refractivity contribution in [2.24, 2.45) is 0 Å². The molecule has 0 fully saturated rings. The Labute approximate surface area is 121 Å². The van der Waals surface area contributed by atoms with Crippen LogP contribution >= 0.6 is 0 Å². The molecule has 1 atom stereocenters. The third-order valence-corrected chi connectivity index (χ3v) is 3.27. The van der Waals surface area contributed by atoms with Gasteiger partial charge in [0.2, 0.25) is 0 Å². The van der Waals surface area contributed by atoms with Gasteiger partial charge in [-0.2, -0.15) is 0 Å². The number of rotatable bonds is 4. The van der Waals surface area contributed by atoms with Crippen LogP contribution in [0.1, 0.15) is 24.1 Å². The number of anilines is 1. The number of nitro benzene ring substituents is 1. The van der Waals surface area contributed by atoms with Crippen molar-refractivity contribution in [3.63, 3.8) is 0 Å². The van der Waals surface area contributed by atoms with E-state index in [1.165, 1.54) is 18.2 Å². The van der Waals surface area contributed by atoms with Gasteiger partial charge in [0.05, 0.1) is 16.5 Å². The number of nitrogens with one attached hydrogen (secondary N) is 1. The van der Waals surface area contributed by atoms with Gasteiger partial charge in [0.25, 0.3) is 5.69 Å². The minimum atomic E-state index is -0.433. The summed E-state index contributed by atoms with van der Waals surface area (Å²) < 4.78 is 0. The number of aryl methyl sites for hydroxylation is 1. The van der Waals surface area contributed by atoms with Crippen LogP contribution in [-0.4, -0.2) is 15.1 Å². The summed E-state index contributed by atoms with van der Waals surface area (Å²) in [6, 6.07) is 8.87. The summed E-state index contributed by atoms with van der Waals surface area (Å²) in [4.78, 5) is 10.4. The van der Waals surface area contributed by atoms with Crippen molar-refractivity contribution in [1.82, 2.24) is 0 Å². The van der Waals surface area contributed by atoms with Crippen molar-refractivity contribution in [1.29, 1.82) is 0 Å². The number of phenolic OH excluding ortho intramolecular Hbond substituents is 2. The highest BCUT2D eigenvalue weighted by atomic mass is 16.6. The lowest BCUT2D eigenvalue weighted by Crippen LogP contribution is -2.07. The summed E-state index contributed by atoms with van der Waals surface area (Å²) in [5, 5.41) is 33.5. The highest BCUT2D eigenvalue weighted by molar-refractivity contribution is 5.56. The number of nitrogens with zero attached hydrogens (tertiary/aromatic N) is 1. The molecule has 0 saturated carbocycles. The van der Waals surface area contributed by atoms with Gasteiger partial charge in [-0.05, 0) is 38.1 Å². The maximum absolute atomic E-state index is 10.8. The summed E-state index contributed by atoms with van der Waals surface area (Å²) in [6.07, 6.45) is 0. The lowest BCUT2D eigenvalue weighted by Gasteiger charge is -2.18. The second-order valence-corrected chi connectivity index (χ2v) is 4.83. The molecule has 2 rings (SSSR count). The standard InChI is InChI=1S/C15H16N2O4/c1-9-8-11(6-7-12(9)17(20)21)16-10(2)15-13(18)4-3-5-14(15)19/h3-8,10,16,18-19H,1-2H3. The fourth-order valence-corrected chi connectivity index (χ4v) is 2.26. The van der Waals surface area contributed by atoms with Gasteiger partial charge in [0, 0.05) is 17.3 Å². The predicted octanol–water partition coefficient (Wildman–Crippen LogP) is 3.49. The van der Waals surface area contributed by atoms with E-state index in [0.717, 1.165) is 0 Å². The van der Waals surface area contributed by atoms with Crippen molar-refractivity contribution in [3.05, 3.63) is 57.6 Å². The van der Waals surface area contributed by atoms with Gasteiger partial charge < -0.3 is 15.5 Å². The molecule has 110 valence electrons. The van der Waals surface area contributed by atoms with E-state index in [1.54, 1.807) is 32.0 Å². The normalized spacial score (nSPS) is 11.9.